The van der Waals surface area contributed by atoms with Crippen molar-refractivity contribution in [3.63, 3.8) is 0 Å². The van der Waals surface area contributed by atoms with E-state index in [1.807, 2.05) is 0 Å². The lowest BCUT2D eigenvalue weighted by Gasteiger charge is -2.30. The molecule has 0 saturated heterocycles. The number of benzene rings is 2. The highest BCUT2D eigenvalue weighted by atomic mass is 14.9. The Bertz CT molecular complexity index is 462. The third-order valence-electron chi connectivity index (χ3n) is 4.24. The molecule has 0 radical (unpaired) electrons. The molecule has 0 heterocycles. The van der Waals surface area contributed by atoms with Crippen LogP contribution in [0.5, 0.6) is 0 Å². The normalized spacial score (nSPS) is 12.8. The Morgan fingerprint density at radius 2 is 1.19 bits per heavy atom. The minimum atomic E-state index is 0.533. The summed E-state index contributed by atoms with van der Waals surface area (Å²) in [6.07, 6.45) is 2.25. The van der Waals surface area contributed by atoms with Crippen molar-refractivity contribution in [3.8, 4) is 0 Å². The summed E-state index contributed by atoms with van der Waals surface area (Å²) in [5.41, 5.74) is 2.86. The van der Waals surface area contributed by atoms with Gasteiger partial charge >= 0.3 is 0 Å². The quantitative estimate of drug-likeness (QED) is 0.796. The fourth-order valence-electron chi connectivity index (χ4n) is 3.27. The van der Waals surface area contributed by atoms with Crippen molar-refractivity contribution in [2.24, 2.45) is 11.8 Å². The first-order chi connectivity index (χ1) is 10.2. The number of rotatable bonds is 7. The Kier molecular flexibility index (Phi) is 6.01. The van der Waals surface area contributed by atoms with Crippen molar-refractivity contribution in [2.45, 2.75) is 32.7 Å². The van der Waals surface area contributed by atoms with Crippen LogP contribution in [0.15, 0.2) is 60.7 Å². The van der Waals surface area contributed by atoms with Gasteiger partial charge in [-0.05, 0) is 42.9 Å². The zero-order valence-electron chi connectivity index (χ0n) is 13.4. The van der Waals surface area contributed by atoms with Crippen LogP contribution >= 0.6 is 0 Å². The molecule has 0 aromatic heterocycles. The maximum absolute atomic E-state index is 3.54. The van der Waals surface area contributed by atoms with Gasteiger partial charge in [-0.15, -0.1) is 0 Å². The van der Waals surface area contributed by atoms with E-state index in [9.17, 15) is 0 Å². The molecular formula is C20H27N. The van der Waals surface area contributed by atoms with Crippen molar-refractivity contribution < 1.29 is 0 Å². The highest BCUT2D eigenvalue weighted by molar-refractivity contribution is 5.19. The van der Waals surface area contributed by atoms with Crippen LogP contribution in [0.25, 0.3) is 0 Å². The average Bonchev–Trinajstić information content (AvgIpc) is 2.49. The van der Waals surface area contributed by atoms with Crippen LogP contribution in [0, 0.1) is 11.8 Å². The minimum absolute atomic E-state index is 0.533. The first kappa shape index (κ1) is 15.8. The van der Waals surface area contributed by atoms with Gasteiger partial charge in [0, 0.05) is 6.04 Å². The maximum Gasteiger partial charge on any atom is 0.0122 e. The lowest BCUT2D eigenvalue weighted by molar-refractivity contribution is 0.293. The van der Waals surface area contributed by atoms with Crippen molar-refractivity contribution in [2.75, 3.05) is 7.05 Å². The van der Waals surface area contributed by atoms with Crippen LogP contribution in [-0.4, -0.2) is 13.1 Å². The number of hydrogen-bond acceptors (Lipinski definition) is 1. The molecular weight excluding hydrogens is 254 g/mol. The average molecular weight is 281 g/mol. The van der Waals surface area contributed by atoms with Gasteiger partial charge in [-0.25, -0.2) is 0 Å². The molecule has 1 unspecified atom stereocenters. The fraction of sp³-hybridized carbons (Fsp3) is 0.400. The predicted molar refractivity (Wildman–Crippen MR) is 91.5 cm³/mol. The SMILES string of the molecule is CNC(C(C)C)C(Cc1ccccc1)Cc1ccccc1. The maximum atomic E-state index is 3.54. The molecule has 0 amide bonds. The molecule has 0 saturated carbocycles. The van der Waals surface area contributed by atoms with Crippen LogP contribution < -0.4 is 5.32 Å². The minimum Gasteiger partial charge on any atom is -0.316 e. The van der Waals surface area contributed by atoms with Crippen LogP contribution in [0.1, 0.15) is 25.0 Å². The van der Waals surface area contributed by atoms with E-state index in [4.69, 9.17) is 0 Å². The Labute approximate surface area is 129 Å². The lowest BCUT2D eigenvalue weighted by Crippen LogP contribution is -2.40. The first-order valence-electron chi connectivity index (χ1n) is 7.96. The highest BCUT2D eigenvalue weighted by Gasteiger charge is 2.23. The van der Waals surface area contributed by atoms with Gasteiger partial charge in [0.15, 0.2) is 0 Å². The third kappa shape index (κ3) is 4.71. The summed E-state index contributed by atoms with van der Waals surface area (Å²) in [6.45, 7) is 4.62. The molecule has 0 aliphatic carbocycles. The molecule has 1 heteroatoms. The van der Waals surface area contributed by atoms with E-state index >= 15 is 0 Å². The van der Waals surface area contributed by atoms with Crippen LogP contribution in [0.2, 0.25) is 0 Å². The predicted octanol–water partition coefficient (Wildman–Crippen LogP) is 4.33. The third-order valence-corrected chi connectivity index (χ3v) is 4.24. The smallest absolute Gasteiger partial charge is 0.0122 e. The molecule has 2 rings (SSSR count). The zero-order valence-corrected chi connectivity index (χ0v) is 13.4. The van der Waals surface area contributed by atoms with Crippen molar-refractivity contribution >= 4 is 0 Å². The number of hydrogen-bond donors (Lipinski definition) is 1. The molecule has 21 heavy (non-hydrogen) atoms. The van der Waals surface area contributed by atoms with Crippen LogP contribution in [-0.2, 0) is 12.8 Å². The zero-order chi connectivity index (χ0) is 15.1. The van der Waals surface area contributed by atoms with E-state index in [1.165, 1.54) is 11.1 Å². The van der Waals surface area contributed by atoms with Gasteiger partial charge in [-0.1, -0.05) is 74.5 Å². The van der Waals surface area contributed by atoms with Crippen molar-refractivity contribution in [1.29, 1.82) is 0 Å². The van der Waals surface area contributed by atoms with E-state index in [1.54, 1.807) is 0 Å². The molecule has 112 valence electrons. The van der Waals surface area contributed by atoms with Crippen molar-refractivity contribution in [3.05, 3.63) is 71.8 Å². The van der Waals surface area contributed by atoms with E-state index in [2.05, 4.69) is 86.9 Å². The molecule has 0 fully saturated rings. The van der Waals surface area contributed by atoms with Gasteiger partial charge in [-0.2, -0.15) is 0 Å². The Hall–Kier alpha value is -1.60. The summed E-state index contributed by atoms with van der Waals surface area (Å²) in [5, 5.41) is 3.54. The standard InChI is InChI=1S/C20H27N/c1-16(2)20(21-3)19(14-17-10-6-4-7-11-17)15-18-12-8-5-9-13-18/h4-13,16,19-21H,14-15H2,1-3H3. The van der Waals surface area contributed by atoms with Gasteiger partial charge in [0.25, 0.3) is 0 Å². The van der Waals surface area contributed by atoms with E-state index in [-0.39, 0.29) is 0 Å². The van der Waals surface area contributed by atoms with Gasteiger partial charge < -0.3 is 5.32 Å². The molecule has 1 nitrogen and oxygen atoms in total. The Balaban J connectivity index is 2.17. The van der Waals surface area contributed by atoms with Gasteiger partial charge in [0.1, 0.15) is 0 Å². The summed E-state index contributed by atoms with van der Waals surface area (Å²) in [6, 6.07) is 22.2. The molecule has 1 N–H and O–H groups in total. The van der Waals surface area contributed by atoms with Gasteiger partial charge in [0.05, 0.1) is 0 Å². The molecule has 1 atom stereocenters. The molecule has 0 spiro atoms. The molecule has 0 aliphatic heterocycles. The Morgan fingerprint density at radius 3 is 1.52 bits per heavy atom. The molecule has 0 bridgehead atoms. The fourth-order valence-corrected chi connectivity index (χ4v) is 3.27. The monoisotopic (exact) mass is 281 g/mol. The highest BCUT2D eigenvalue weighted by Crippen LogP contribution is 2.22. The van der Waals surface area contributed by atoms with Crippen molar-refractivity contribution in [1.82, 2.24) is 5.32 Å². The summed E-state index contributed by atoms with van der Waals surface area (Å²) >= 11 is 0. The summed E-state index contributed by atoms with van der Waals surface area (Å²) in [5.74, 6) is 1.24. The second-order valence-corrected chi connectivity index (χ2v) is 6.20. The largest absolute Gasteiger partial charge is 0.316 e. The molecule has 0 aliphatic rings. The summed E-state index contributed by atoms with van der Waals surface area (Å²) in [4.78, 5) is 0. The lowest BCUT2D eigenvalue weighted by atomic mass is 9.82. The van der Waals surface area contributed by atoms with E-state index < -0.39 is 0 Å². The number of nitrogens with one attached hydrogen (secondary N) is 1. The molecule has 2 aromatic rings. The van der Waals surface area contributed by atoms with Crippen LogP contribution in [0.4, 0.5) is 0 Å². The van der Waals surface area contributed by atoms with E-state index in [0.29, 0.717) is 17.9 Å². The second kappa shape index (κ2) is 7.99. The molecule has 2 aromatic carbocycles. The van der Waals surface area contributed by atoms with Gasteiger partial charge in [0.2, 0.25) is 0 Å². The van der Waals surface area contributed by atoms with Crippen LogP contribution in [0.3, 0.4) is 0 Å². The Morgan fingerprint density at radius 1 is 0.762 bits per heavy atom. The summed E-state index contributed by atoms with van der Waals surface area (Å²) in [7, 11) is 2.09. The van der Waals surface area contributed by atoms with E-state index in [0.717, 1.165) is 12.8 Å². The summed E-state index contributed by atoms with van der Waals surface area (Å²) < 4.78 is 0. The van der Waals surface area contributed by atoms with Gasteiger partial charge in [-0.3, -0.25) is 0 Å². The second-order valence-electron chi connectivity index (χ2n) is 6.20. The first-order valence-corrected chi connectivity index (χ1v) is 7.96. The topological polar surface area (TPSA) is 12.0 Å².